The average molecular weight is 362 g/mol. The highest BCUT2D eigenvalue weighted by Gasteiger charge is 2.26. The Morgan fingerprint density at radius 1 is 1.14 bits per heavy atom. The van der Waals surface area contributed by atoms with Crippen molar-refractivity contribution in [2.75, 3.05) is 5.75 Å². The number of halogens is 2. The molecule has 1 N–H and O–H groups in total. The molecule has 1 aromatic carbocycles. The van der Waals surface area contributed by atoms with Crippen LogP contribution in [0.1, 0.15) is 46.6 Å². The molecule has 0 radical (unpaired) electrons. The Hall–Kier alpha value is -0.380. The monoisotopic (exact) mass is 361 g/mol. The van der Waals surface area contributed by atoms with E-state index in [-0.39, 0.29) is 16.9 Å². The van der Waals surface area contributed by atoms with E-state index in [0.29, 0.717) is 21.6 Å². The number of amides is 1. The van der Waals surface area contributed by atoms with Crippen LogP contribution in [0.15, 0.2) is 18.2 Å². The molecule has 0 saturated carbocycles. The highest BCUT2D eigenvalue weighted by atomic mass is 35.5. The van der Waals surface area contributed by atoms with Crippen molar-refractivity contribution in [2.45, 2.75) is 52.3 Å². The lowest BCUT2D eigenvalue weighted by Crippen LogP contribution is -2.46. The Morgan fingerprint density at radius 2 is 1.68 bits per heavy atom. The van der Waals surface area contributed by atoms with E-state index in [0.717, 1.165) is 12.0 Å². The molecule has 0 spiro atoms. The standard InChI is InChI=1S/C17H25Cl2NOS/c1-16(2,3)11-17(4,5)20-15(21)10-22-9-12-13(18)7-6-8-14(12)19/h6-8H,9-11H2,1-5H3,(H,20,21). The van der Waals surface area contributed by atoms with Gasteiger partial charge in [0.1, 0.15) is 0 Å². The highest BCUT2D eigenvalue weighted by Crippen LogP contribution is 2.29. The Kier molecular flexibility index (Phi) is 7.10. The van der Waals surface area contributed by atoms with E-state index in [4.69, 9.17) is 23.2 Å². The number of carbonyl (C=O) groups excluding carboxylic acids is 1. The van der Waals surface area contributed by atoms with E-state index in [2.05, 4.69) is 39.9 Å². The van der Waals surface area contributed by atoms with Crippen molar-refractivity contribution in [3.63, 3.8) is 0 Å². The third kappa shape index (κ3) is 7.26. The fourth-order valence-corrected chi connectivity index (χ4v) is 4.26. The molecule has 2 nitrogen and oxygen atoms in total. The van der Waals surface area contributed by atoms with Gasteiger partial charge in [0.2, 0.25) is 5.91 Å². The smallest absolute Gasteiger partial charge is 0.230 e. The van der Waals surface area contributed by atoms with Crippen LogP contribution in [0.4, 0.5) is 0 Å². The largest absolute Gasteiger partial charge is 0.350 e. The van der Waals surface area contributed by atoms with Gasteiger partial charge in [-0.15, -0.1) is 11.8 Å². The van der Waals surface area contributed by atoms with Crippen molar-refractivity contribution in [1.29, 1.82) is 0 Å². The zero-order valence-corrected chi connectivity index (χ0v) is 16.3. The Labute approximate surface area is 148 Å². The van der Waals surface area contributed by atoms with Crippen LogP contribution >= 0.6 is 35.0 Å². The predicted octanol–water partition coefficient (Wildman–Crippen LogP) is 5.56. The maximum absolute atomic E-state index is 12.1. The maximum atomic E-state index is 12.1. The zero-order valence-electron chi connectivity index (χ0n) is 13.9. The molecule has 0 atom stereocenters. The first-order chi connectivity index (χ1) is 10.0. The molecule has 5 heteroatoms. The van der Waals surface area contributed by atoms with Crippen LogP contribution in [0.5, 0.6) is 0 Å². The van der Waals surface area contributed by atoms with E-state index in [1.165, 1.54) is 11.8 Å². The van der Waals surface area contributed by atoms with Crippen molar-refractivity contribution in [2.24, 2.45) is 5.41 Å². The van der Waals surface area contributed by atoms with E-state index in [9.17, 15) is 4.79 Å². The van der Waals surface area contributed by atoms with Gasteiger partial charge in [-0.2, -0.15) is 0 Å². The summed E-state index contributed by atoms with van der Waals surface area (Å²) in [5, 5.41) is 4.40. The molecule has 1 aromatic rings. The molecule has 0 saturated heterocycles. The van der Waals surface area contributed by atoms with Gasteiger partial charge in [0.05, 0.1) is 5.75 Å². The van der Waals surface area contributed by atoms with Crippen molar-refractivity contribution in [3.8, 4) is 0 Å². The first-order valence-corrected chi connectivity index (χ1v) is 9.23. The minimum Gasteiger partial charge on any atom is -0.350 e. The molecular formula is C17H25Cl2NOS. The molecule has 1 amide bonds. The third-order valence-electron chi connectivity index (χ3n) is 2.99. The topological polar surface area (TPSA) is 29.1 Å². The van der Waals surface area contributed by atoms with Gasteiger partial charge < -0.3 is 5.32 Å². The van der Waals surface area contributed by atoms with Crippen molar-refractivity contribution >= 4 is 40.9 Å². The third-order valence-corrected chi connectivity index (χ3v) is 4.66. The van der Waals surface area contributed by atoms with Gasteiger partial charge in [-0.25, -0.2) is 0 Å². The number of carbonyl (C=O) groups is 1. The SMILES string of the molecule is CC(C)(C)CC(C)(C)NC(=O)CSCc1c(Cl)cccc1Cl. The van der Waals surface area contributed by atoms with Gasteiger partial charge in [-0.1, -0.05) is 50.0 Å². The number of benzene rings is 1. The summed E-state index contributed by atoms with van der Waals surface area (Å²) in [6, 6.07) is 5.45. The quantitative estimate of drug-likeness (QED) is 0.718. The van der Waals surface area contributed by atoms with Crippen LogP contribution in [0, 0.1) is 5.41 Å². The molecule has 124 valence electrons. The van der Waals surface area contributed by atoms with Gasteiger partial charge >= 0.3 is 0 Å². The normalized spacial score (nSPS) is 12.3. The van der Waals surface area contributed by atoms with Crippen molar-refractivity contribution in [1.82, 2.24) is 5.32 Å². The summed E-state index contributed by atoms with van der Waals surface area (Å²) >= 11 is 13.8. The molecule has 0 heterocycles. The lowest BCUT2D eigenvalue weighted by atomic mass is 9.82. The maximum Gasteiger partial charge on any atom is 0.230 e. The van der Waals surface area contributed by atoms with Crippen LogP contribution in [-0.2, 0) is 10.5 Å². The van der Waals surface area contributed by atoms with Crippen LogP contribution in [0.25, 0.3) is 0 Å². The summed E-state index contributed by atoms with van der Waals surface area (Å²) in [5.41, 5.74) is 0.852. The fourth-order valence-electron chi connectivity index (χ4n) is 2.70. The summed E-state index contributed by atoms with van der Waals surface area (Å²) < 4.78 is 0. The molecule has 0 unspecified atom stereocenters. The average Bonchev–Trinajstić information content (AvgIpc) is 2.28. The molecule has 1 rings (SSSR count). The van der Waals surface area contributed by atoms with Crippen molar-refractivity contribution in [3.05, 3.63) is 33.8 Å². The summed E-state index contributed by atoms with van der Waals surface area (Å²) in [6.45, 7) is 10.6. The van der Waals surface area contributed by atoms with E-state index >= 15 is 0 Å². The molecule has 0 aromatic heterocycles. The molecule has 0 fully saturated rings. The molecule has 22 heavy (non-hydrogen) atoms. The van der Waals surface area contributed by atoms with Crippen LogP contribution in [-0.4, -0.2) is 17.2 Å². The molecule has 0 aliphatic rings. The zero-order chi connectivity index (χ0) is 17.0. The van der Waals surface area contributed by atoms with E-state index < -0.39 is 0 Å². The second-order valence-electron chi connectivity index (χ2n) is 7.36. The van der Waals surface area contributed by atoms with Gasteiger partial charge in [0.25, 0.3) is 0 Å². The highest BCUT2D eigenvalue weighted by molar-refractivity contribution is 7.99. The summed E-state index contributed by atoms with van der Waals surface area (Å²) in [6.07, 6.45) is 0.923. The number of rotatable bonds is 6. The van der Waals surface area contributed by atoms with Crippen LogP contribution in [0.2, 0.25) is 10.0 Å². The minimum absolute atomic E-state index is 0.0439. The summed E-state index contributed by atoms with van der Waals surface area (Å²) in [5.74, 6) is 1.07. The predicted molar refractivity (Wildman–Crippen MR) is 98.9 cm³/mol. The first kappa shape index (κ1) is 19.7. The molecular weight excluding hydrogens is 337 g/mol. The number of hydrogen-bond acceptors (Lipinski definition) is 2. The lowest BCUT2D eigenvalue weighted by molar-refractivity contribution is -0.120. The lowest BCUT2D eigenvalue weighted by Gasteiger charge is -2.33. The Morgan fingerprint density at radius 3 is 2.18 bits per heavy atom. The second-order valence-corrected chi connectivity index (χ2v) is 9.16. The van der Waals surface area contributed by atoms with Gasteiger partial charge in [0.15, 0.2) is 0 Å². The molecule has 0 bridgehead atoms. The second kappa shape index (κ2) is 7.94. The Balaban J connectivity index is 2.47. The summed E-state index contributed by atoms with van der Waals surface area (Å²) in [7, 11) is 0. The minimum atomic E-state index is -0.210. The number of nitrogens with one attached hydrogen (secondary N) is 1. The van der Waals surface area contributed by atoms with Crippen molar-refractivity contribution < 1.29 is 4.79 Å². The van der Waals surface area contributed by atoms with E-state index in [1.54, 1.807) is 0 Å². The van der Waals surface area contributed by atoms with Crippen LogP contribution < -0.4 is 5.32 Å². The van der Waals surface area contributed by atoms with Gasteiger partial charge in [0, 0.05) is 21.3 Å². The Bertz CT molecular complexity index is 504. The van der Waals surface area contributed by atoms with E-state index in [1.807, 2.05) is 18.2 Å². The fraction of sp³-hybridized carbons (Fsp3) is 0.588. The van der Waals surface area contributed by atoms with Gasteiger partial charge in [-0.3, -0.25) is 4.79 Å². The number of thioether (sulfide) groups is 1. The van der Waals surface area contributed by atoms with Gasteiger partial charge in [-0.05, 0) is 43.4 Å². The molecule has 0 aliphatic carbocycles. The molecule has 0 aliphatic heterocycles. The summed E-state index contributed by atoms with van der Waals surface area (Å²) in [4.78, 5) is 12.1. The van der Waals surface area contributed by atoms with Crippen LogP contribution in [0.3, 0.4) is 0 Å². The first-order valence-electron chi connectivity index (χ1n) is 7.32. The number of hydrogen-bond donors (Lipinski definition) is 1.